The summed E-state index contributed by atoms with van der Waals surface area (Å²) in [4.78, 5) is 19.1. The van der Waals surface area contributed by atoms with Crippen molar-refractivity contribution in [1.82, 2.24) is 4.90 Å². The van der Waals surface area contributed by atoms with Crippen LogP contribution in [-0.2, 0) is 16.6 Å². The summed E-state index contributed by atoms with van der Waals surface area (Å²) in [5, 5.41) is 9.40. The smallest absolute Gasteiger partial charge is 0.194 e. The molecule has 0 spiro atoms. The second kappa shape index (κ2) is 9.31. The number of Topliss-reactive ketones (excluding diaryl/α,β-unsaturated/α-hetero) is 1. The van der Waals surface area contributed by atoms with Gasteiger partial charge in [0.05, 0.1) is 23.9 Å². The van der Waals surface area contributed by atoms with Crippen LogP contribution < -0.4 is 9.64 Å². The largest absolute Gasteiger partial charge is 0.489 e. The fraction of sp³-hybridized carbons (Fsp3) is 0.484. The van der Waals surface area contributed by atoms with Crippen molar-refractivity contribution in [3.63, 3.8) is 0 Å². The summed E-state index contributed by atoms with van der Waals surface area (Å²) in [6.45, 7) is 9.44. The van der Waals surface area contributed by atoms with E-state index in [9.17, 15) is 10.1 Å². The minimum Gasteiger partial charge on any atom is -0.489 e. The molecule has 6 heteroatoms. The van der Waals surface area contributed by atoms with E-state index in [1.165, 1.54) is 19.3 Å². The Hall–Kier alpha value is -3.14. The highest BCUT2D eigenvalue weighted by atomic mass is 16.5. The van der Waals surface area contributed by atoms with Crippen LogP contribution in [0.1, 0.15) is 65.7 Å². The zero-order chi connectivity index (χ0) is 25.7. The molecule has 1 aliphatic heterocycles. The molecule has 1 saturated heterocycles. The molecule has 3 aliphatic carbocycles. The van der Waals surface area contributed by atoms with E-state index in [2.05, 4.69) is 35.8 Å². The van der Waals surface area contributed by atoms with E-state index < -0.39 is 0 Å². The van der Waals surface area contributed by atoms with Crippen molar-refractivity contribution in [1.29, 1.82) is 5.26 Å². The average Bonchev–Trinajstić information content (AvgIpc) is 3.27. The summed E-state index contributed by atoms with van der Waals surface area (Å²) in [6.07, 6.45) is 4.72. The lowest BCUT2D eigenvalue weighted by Crippen LogP contribution is -2.52. The molecular weight excluding hydrogens is 462 g/mol. The minimum absolute atomic E-state index is 0.0609. The second-order valence-electron chi connectivity index (χ2n) is 11.3. The number of carbonyl (C=O) groups excluding carboxylic acids is 1. The van der Waals surface area contributed by atoms with Gasteiger partial charge in [-0.3, -0.25) is 9.69 Å². The van der Waals surface area contributed by atoms with Gasteiger partial charge in [0.2, 0.25) is 0 Å². The maximum atomic E-state index is 14.0. The third-order valence-electron chi connectivity index (χ3n) is 8.96. The number of ketones is 1. The van der Waals surface area contributed by atoms with Crippen molar-refractivity contribution < 1.29 is 14.3 Å². The number of benzene rings is 2. The van der Waals surface area contributed by atoms with Crippen molar-refractivity contribution >= 4 is 17.0 Å². The van der Waals surface area contributed by atoms with E-state index in [-0.39, 0.29) is 11.2 Å². The average molecular weight is 498 g/mol. The molecule has 6 nitrogen and oxygen atoms in total. The molecular formula is C31H35N3O3. The van der Waals surface area contributed by atoms with Gasteiger partial charge in [-0.1, -0.05) is 26.3 Å². The number of rotatable bonds is 6. The molecule has 2 fully saturated rings. The molecule has 192 valence electrons. The number of carbonyl (C=O) groups is 1. The van der Waals surface area contributed by atoms with Gasteiger partial charge in [-0.15, -0.1) is 0 Å². The number of fused-ring (bicyclic) bond motifs is 3. The zero-order valence-corrected chi connectivity index (χ0v) is 22.1. The maximum absolute atomic E-state index is 14.0. The third-order valence-corrected chi connectivity index (χ3v) is 8.96. The first-order chi connectivity index (χ1) is 17.9. The lowest BCUT2D eigenvalue weighted by molar-refractivity contribution is 0.105. The summed E-state index contributed by atoms with van der Waals surface area (Å²) in [5.41, 5.74) is 7.21. The van der Waals surface area contributed by atoms with Gasteiger partial charge in [0.15, 0.2) is 5.78 Å². The Labute approximate surface area is 219 Å². The van der Waals surface area contributed by atoms with Crippen LogP contribution in [0.15, 0.2) is 35.9 Å². The molecule has 0 unspecified atom stereocenters. The Kier molecular flexibility index (Phi) is 6.09. The predicted octanol–water partition coefficient (Wildman–Crippen LogP) is 4.74. The molecule has 2 aromatic rings. The van der Waals surface area contributed by atoms with Crippen LogP contribution in [-0.4, -0.2) is 63.2 Å². The first-order valence-corrected chi connectivity index (χ1v) is 13.5. The molecule has 0 N–H and O–H groups in total. The molecule has 1 saturated carbocycles. The molecule has 0 aromatic heterocycles. The van der Waals surface area contributed by atoms with Gasteiger partial charge in [0.1, 0.15) is 12.4 Å². The third kappa shape index (κ3) is 3.96. The predicted molar refractivity (Wildman–Crippen MR) is 144 cm³/mol. The maximum Gasteiger partial charge on any atom is 0.194 e. The molecule has 0 radical (unpaired) electrons. The lowest BCUT2D eigenvalue weighted by Gasteiger charge is -2.44. The highest BCUT2D eigenvalue weighted by Gasteiger charge is 2.44. The Balaban J connectivity index is 1.38. The summed E-state index contributed by atoms with van der Waals surface area (Å²) in [5.74, 6) is 0.824. The van der Waals surface area contributed by atoms with Crippen LogP contribution in [0.2, 0.25) is 0 Å². The van der Waals surface area contributed by atoms with Crippen LogP contribution in [0.3, 0.4) is 0 Å². The number of allylic oxidation sites excluding steroid dienone is 2. The number of ether oxygens (including phenoxy) is 2. The molecule has 37 heavy (non-hydrogen) atoms. The van der Waals surface area contributed by atoms with E-state index in [4.69, 9.17) is 9.47 Å². The quantitative estimate of drug-likeness (QED) is 0.537. The van der Waals surface area contributed by atoms with Crippen LogP contribution in [0.25, 0.3) is 5.57 Å². The number of nitriles is 1. The van der Waals surface area contributed by atoms with Crippen molar-refractivity contribution in [3.8, 4) is 11.8 Å². The van der Waals surface area contributed by atoms with Gasteiger partial charge in [0.25, 0.3) is 0 Å². The number of methoxy groups -OCH3 is 1. The molecule has 0 atom stereocenters. The summed E-state index contributed by atoms with van der Waals surface area (Å²) < 4.78 is 11.5. The van der Waals surface area contributed by atoms with E-state index in [1.54, 1.807) is 7.11 Å². The first kappa shape index (κ1) is 24.2. The number of hydrogen-bond donors (Lipinski definition) is 0. The van der Waals surface area contributed by atoms with E-state index in [0.717, 1.165) is 77.1 Å². The first-order valence-electron chi connectivity index (χ1n) is 13.5. The lowest BCUT2D eigenvalue weighted by atomic mass is 9.68. The topological polar surface area (TPSA) is 65.8 Å². The highest BCUT2D eigenvalue weighted by molar-refractivity contribution is 6.33. The van der Waals surface area contributed by atoms with E-state index in [1.807, 2.05) is 24.3 Å². The van der Waals surface area contributed by atoms with Gasteiger partial charge in [0, 0.05) is 55.9 Å². The van der Waals surface area contributed by atoms with Crippen LogP contribution >= 0.6 is 0 Å². The fourth-order valence-electron chi connectivity index (χ4n) is 6.54. The highest BCUT2D eigenvalue weighted by Crippen LogP contribution is 2.52. The fourth-order valence-corrected chi connectivity index (χ4v) is 6.54. The normalized spacial score (nSPS) is 20.7. The SMILES string of the molecule is COCCOc1cc2c(cc1N1CCN(C3CCC3)CC1)C(C)(C)C1=C(C2=O)c2ccc(C#N)cc2C1. The van der Waals surface area contributed by atoms with Gasteiger partial charge in [-0.2, -0.15) is 5.26 Å². The standard InChI is InChI=1S/C31H35N3O3/c1-31(2)25-18-27(34-11-9-33(10-12-34)22-5-4-6-22)28(37-14-13-36-3)17-24(25)30(35)29-23-8-7-20(19-32)15-21(23)16-26(29)31/h7-8,15,17-18,22H,4-6,9-14,16H2,1-3H3. The van der Waals surface area contributed by atoms with Crippen LogP contribution in [0.4, 0.5) is 5.69 Å². The van der Waals surface area contributed by atoms with Gasteiger partial charge < -0.3 is 14.4 Å². The van der Waals surface area contributed by atoms with Crippen molar-refractivity contribution in [2.45, 2.75) is 51.0 Å². The van der Waals surface area contributed by atoms with Crippen molar-refractivity contribution in [2.24, 2.45) is 0 Å². The molecule has 4 aliphatic rings. The van der Waals surface area contributed by atoms with Gasteiger partial charge in [-0.25, -0.2) is 0 Å². The summed E-state index contributed by atoms with van der Waals surface area (Å²) in [7, 11) is 1.67. The Morgan fingerprint density at radius 3 is 2.51 bits per heavy atom. The Bertz CT molecular complexity index is 1320. The molecule has 0 bridgehead atoms. The van der Waals surface area contributed by atoms with Crippen molar-refractivity contribution in [2.75, 3.05) is 51.4 Å². The molecule has 2 aromatic carbocycles. The van der Waals surface area contributed by atoms with Crippen LogP contribution in [0, 0.1) is 11.3 Å². The molecule has 6 rings (SSSR count). The van der Waals surface area contributed by atoms with Gasteiger partial charge in [-0.05, 0) is 65.8 Å². The summed E-state index contributed by atoms with van der Waals surface area (Å²) >= 11 is 0. The molecule has 0 amide bonds. The zero-order valence-electron chi connectivity index (χ0n) is 22.1. The number of nitrogens with zero attached hydrogens (tertiary/aromatic N) is 3. The van der Waals surface area contributed by atoms with Crippen LogP contribution in [0.5, 0.6) is 5.75 Å². The van der Waals surface area contributed by atoms with E-state index >= 15 is 0 Å². The second-order valence-corrected chi connectivity index (χ2v) is 11.3. The monoisotopic (exact) mass is 497 g/mol. The van der Waals surface area contributed by atoms with E-state index in [0.29, 0.717) is 25.2 Å². The summed E-state index contributed by atoms with van der Waals surface area (Å²) in [6, 6.07) is 12.9. The van der Waals surface area contributed by atoms with Gasteiger partial charge >= 0.3 is 0 Å². The number of anilines is 1. The Morgan fingerprint density at radius 2 is 1.84 bits per heavy atom. The molecule has 1 heterocycles. The minimum atomic E-state index is -0.308. The Morgan fingerprint density at radius 1 is 1.05 bits per heavy atom. The van der Waals surface area contributed by atoms with Crippen molar-refractivity contribution in [3.05, 3.63) is 63.7 Å². The number of piperazine rings is 1. The number of hydrogen-bond acceptors (Lipinski definition) is 6.